The molecule has 2 nitrogen and oxygen atoms in total. The second-order valence-corrected chi connectivity index (χ2v) is 5.64. The van der Waals surface area contributed by atoms with Crippen molar-refractivity contribution in [1.82, 2.24) is 0 Å². The van der Waals surface area contributed by atoms with Crippen molar-refractivity contribution >= 4 is 34.8 Å². The zero-order valence-electron chi connectivity index (χ0n) is 11.8. The third-order valence-corrected chi connectivity index (χ3v) is 4.05. The fourth-order valence-electron chi connectivity index (χ4n) is 2.00. The Labute approximate surface area is 135 Å². The van der Waals surface area contributed by atoms with Gasteiger partial charge in [0.2, 0.25) is 0 Å². The van der Waals surface area contributed by atoms with Gasteiger partial charge in [-0.1, -0.05) is 54.7 Å². The van der Waals surface area contributed by atoms with E-state index in [-0.39, 0.29) is 5.91 Å². The zero-order valence-corrected chi connectivity index (χ0v) is 13.3. The van der Waals surface area contributed by atoms with E-state index in [9.17, 15) is 4.79 Å². The van der Waals surface area contributed by atoms with E-state index in [0.29, 0.717) is 21.3 Å². The Morgan fingerprint density at radius 3 is 2.48 bits per heavy atom. The molecule has 0 heterocycles. The molecule has 0 spiro atoms. The molecule has 2 aromatic carbocycles. The van der Waals surface area contributed by atoms with Crippen molar-refractivity contribution in [3.05, 3.63) is 63.6 Å². The van der Waals surface area contributed by atoms with Crippen molar-refractivity contribution in [3.63, 3.8) is 0 Å². The number of rotatable bonds is 5. The van der Waals surface area contributed by atoms with E-state index < -0.39 is 0 Å². The van der Waals surface area contributed by atoms with Crippen LogP contribution in [-0.2, 0) is 6.42 Å². The first-order valence-corrected chi connectivity index (χ1v) is 7.71. The highest BCUT2D eigenvalue weighted by molar-refractivity contribution is 6.44. The summed E-state index contributed by atoms with van der Waals surface area (Å²) in [6.07, 6.45) is 3.36. The topological polar surface area (TPSA) is 29.1 Å². The van der Waals surface area contributed by atoms with Crippen LogP contribution >= 0.6 is 23.2 Å². The van der Waals surface area contributed by atoms with Gasteiger partial charge in [0.05, 0.1) is 15.7 Å². The van der Waals surface area contributed by atoms with Crippen LogP contribution in [0.15, 0.2) is 42.5 Å². The first-order chi connectivity index (χ1) is 10.1. The average Bonchev–Trinajstić information content (AvgIpc) is 2.50. The fraction of sp³-hybridized carbons (Fsp3) is 0.235. The molecular weight excluding hydrogens is 305 g/mol. The first-order valence-electron chi connectivity index (χ1n) is 6.96. The van der Waals surface area contributed by atoms with Gasteiger partial charge in [-0.25, -0.2) is 0 Å². The maximum absolute atomic E-state index is 12.2. The molecule has 4 heteroatoms. The summed E-state index contributed by atoms with van der Waals surface area (Å²) in [5.41, 5.74) is 2.37. The minimum atomic E-state index is -0.193. The van der Waals surface area contributed by atoms with Crippen molar-refractivity contribution in [2.75, 3.05) is 5.32 Å². The summed E-state index contributed by atoms with van der Waals surface area (Å²) in [6, 6.07) is 12.8. The summed E-state index contributed by atoms with van der Waals surface area (Å²) in [4.78, 5) is 12.2. The second kappa shape index (κ2) is 7.48. The second-order valence-electron chi connectivity index (χ2n) is 4.86. The lowest BCUT2D eigenvalue weighted by atomic mass is 10.1. The molecule has 0 unspecified atom stereocenters. The molecule has 21 heavy (non-hydrogen) atoms. The smallest absolute Gasteiger partial charge is 0.255 e. The lowest BCUT2D eigenvalue weighted by Gasteiger charge is -2.08. The van der Waals surface area contributed by atoms with Crippen molar-refractivity contribution < 1.29 is 4.79 Å². The third kappa shape index (κ3) is 4.23. The van der Waals surface area contributed by atoms with Gasteiger partial charge in [-0.05, 0) is 42.7 Å². The number of carbonyl (C=O) groups is 1. The number of anilines is 1. The van der Waals surface area contributed by atoms with Gasteiger partial charge in [-0.15, -0.1) is 0 Å². The molecular formula is C17H17Cl2NO. The summed E-state index contributed by atoms with van der Waals surface area (Å²) in [7, 11) is 0. The number of hydrogen-bond acceptors (Lipinski definition) is 1. The first kappa shape index (κ1) is 15.9. The molecule has 1 N–H and O–H groups in total. The van der Waals surface area contributed by atoms with Gasteiger partial charge in [0.15, 0.2) is 0 Å². The maximum atomic E-state index is 12.2. The molecule has 2 aromatic rings. The minimum Gasteiger partial charge on any atom is -0.321 e. The largest absolute Gasteiger partial charge is 0.321 e. The summed E-state index contributed by atoms with van der Waals surface area (Å²) in [6.45, 7) is 2.16. The van der Waals surface area contributed by atoms with Crippen LogP contribution in [0, 0.1) is 0 Å². The Bertz CT molecular complexity index is 623. The van der Waals surface area contributed by atoms with Gasteiger partial charge in [-0.2, -0.15) is 0 Å². The number of halogens is 2. The third-order valence-electron chi connectivity index (χ3n) is 3.23. The summed E-state index contributed by atoms with van der Waals surface area (Å²) in [5.74, 6) is -0.193. The average molecular weight is 322 g/mol. The molecule has 2 rings (SSSR count). The van der Waals surface area contributed by atoms with E-state index in [1.54, 1.807) is 18.2 Å². The molecule has 0 aromatic heterocycles. The summed E-state index contributed by atoms with van der Waals surface area (Å²) >= 11 is 12.0. The van der Waals surface area contributed by atoms with Crippen molar-refractivity contribution in [3.8, 4) is 0 Å². The highest BCUT2D eigenvalue weighted by Crippen LogP contribution is 2.29. The lowest BCUT2D eigenvalue weighted by Crippen LogP contribution is -2.12. The predicted octanol–water partition coefficient (Wildman–Crippen LogP) is 5.59. The van der Waals surface area contributed by atoms with E-state index in [4.69, 9.17) is 23.2 Å². The molecule has 0 saturated carbocycles. The number of amides is 1. The van der Waals surface area contributed by atoms with E-state index in [2.05, 4.69) is 12.2 Å². The number of hydrogen-bond donors (Lipinski definition) is 1. The number of benzene rings is 2. The van der Waals surface area contributed by atoms with Gasteiger partial charge in [0.1, 0.15) is 0 Å². The molecule has 0 fully saturated rings. The van der Waals surface area contributed by atoms with E-state index in [1.165, 1.54) is 5.56 Å². The highest BCUT2D eigenvalue weighted by atomic mass is 35.5. The van der Waals surface area contributed by atoms with Gasteiger partial charge in [-0.3, -0.25) is 4.79 Å². The van der Waals surface area contributed by atoms with Crippen LogP contribution in [0.25, 0.3) is 0 Å². The van der Waals surface area contributed by atoms with E-state index in [0.717, 1.165) is 19.3 Å². The Morgan fingerprint density at radius 2 is 1.81 bits per heavy atom. The van der Waals surface area contributed by atoms with Crippen molar-refractivity contribution in [2.45, 2.75) is 26.2 Å². The quantitative estimate of drug-likeness (QED) is 0.764. The maximum Gasteiger partial charge on any atom is 0.255 e. The molecule has 0 aliphatic carbocycles. The molecule has 0 aliphatic heterocycles. The normalized spacial score (nSPS) is 10.4. The van der Waals surface area contributed by atoms with Crippen LogP contribution in [0.3, 0.4) is 0 Å². The monoisotopic (exact) mass is 321 g/mol. The summed E-state index contributed by atoms with van der Waals surface area (Å²) < 4.78 is 0. The summed E-state index contributed by atoms with van der Waals surface area (Å²) in [5, 5.41) is 3.55. The van der Waals surface area contributed by atoms with Crippen LogP contribution in [-0.4, -0.2) is 5.91 Å². The van der Waals surface area contributed by atoms with Gasteiger partial charge < -0.3 is 5.32 Å². The van der Waals surface area contributed by atoms with Crippen molar-refractivity contribution in [2.24, 2.45) is 0 Å². The predicted molar refractivity (Wildman–Crippen MR) is 89.5 cm³/mol. The highest BCUT2D eigenvalue weighted by Gasteiger charge is 2.10. The van der Waals surface area contributed by atoms with Gasteiger partial charge >= 0.3 is 0 Å². The van der Waals surface area contributed by atoms with Crippen LogP contribution in [0.1, 0.15) is 35.7 Å². The minimum absolute atomic E-state index is 0.193. The molecule has 1 amide bonds. The lowest BCUT2D eigenvalue weighted by molar-refractivity contribution is 0.102. The molecule has 0 atom stereocenters. The number of carbonyl (C=O) groups excluding carboxylic acids is 1. The standard InChI is InChI=1S/C17H17Cl2NO/c1-2-3-5-12-8-10-13(11-9-12)17(21)20-15-7-4-6-14(18)16(15)19/h4,6-11H,2-3,5H2,1H3,(H,20,21). The molecule has 0 saturated heterocycles. The number of aryl methyl sites for hydroxylation is 1. The Hall–Kier alpha value is -1.51. The molecule has 110 valence electrons. The van der Waals surface area contributed by atoms with Gasteiger partial charge in [0.25, 0.3) is 5.91 Å². The molecule has 0 bridgehead atoms. The Morgan fingerprint density at radius 1 is 1.10 bits per heavy atom. The SMILES string of the molecule is CCCCc1ccc(C(=O)Nc2cccc(Cl)c2Cl)cc1. The fourth-order valence-corrected chi connectivity index (χ4v) is 2.35. The van der Waals surface area contributed by atoms with Crippen LogP contribution in [0.4, 0.5) is 5.69 Å². The van der Waals surface area contributed by atoms with Gasteiger partial charge in [0, 0.05) is 5.56 Å². The Kier molecular flexibility index (Phi) is 5.66. The molecule has 0 aliphatic rings. The molecule has 0 radical (unpaired) electrons. The van der Waals surface area contributed by atoms with Crippen LogP contribution in [0.2, 0.25) is 10.0 Å². The van der Waals surface area contributed by atoms with Crippen LogP contribution < -0.4 is 5.32 Å². The Balaban J connectivity index is 2.08. The van der Waals surface area contributed by atoms with E-state index >= 15 is 0 Å². The number of nitrogens with one attached hydrogen (secondary N) is 1. The van der Waals surface area contributed by atoms with Crippen molar-refractivity contribution in [1.29, 1.82) is 0 Å². The van der Waals surface area contributed by atoms with Crippen LogP contribution in [0.5, 0.6) is 0 Å². The van der Waals surface area contributed by atoms with E-state index in [1.807, 2.05) is 24.3 Å². The zero-order chi connectivity index (χ0) is 15.2. The number of unbranched alkanes of at least 4 members (excludes halogenated alkanes) is 1.